The Hall–Kier alpha value is -2.40. The molecule has 5 nitrogen and oxygen atoms in total. The summed E-state index contributed by atoms with van der Waals surface area (Å²) in [4.78, 5) is 21.6. The van der Waals surface area contributed by atoms with Gasteiger partial charge >= 0.3 is 0 Å². The largest absolute Gasteiger partial charge is 0.396 e. The van der Waals surface area contributed by atoms with Crippen molar-refractivity contribution in [3.05, 3.63) is 53.7 Å². The van der Waals surface area contributed by atoms with Crippen LogP contribution >= 0.6 is 0 Å². The molecule has 2 aliphatic rings. The first-order chi connectivity index (χ1) is 12.8. The van der Waals surface area contributed by atoms with Gasteiger partial charge in [-0.1, -0.05) is 18.2 Å². The van der Waals surface area contributed by atoms with Crippen LogP contribution in [0.1, 0.15) is 41.6 Å². The van der Waals surface area contributed by atoms with Crippen LogP contribution in [-0.2, 0) is 6.42 Å². The lowest BCUT2D eigenvalue weighted by molar-refractivity contribution is 0.0574. The number of aliphatic hydroxyl groups is 1. The molecule has 1 aromatic heterocycles. The number of aromatic nitrogens is 1. The van der Waals surface area contributed by atoms with Gasteiger partial charge in [0.15, 0.2) is 0 Å². The summed E-state index contributed by atoms with van der Waals surface area (Å²) in [6.45, 7) is 1.81. The summed E-state index contributed by atoms with van der Waals surface area (Å²) in [5.41, 5.74) is 3.18. The normalized spacial score (nSPS) is 19.5. The van der Waals surface area contributed by atoms with E-state index in [0.717, 1.165) is 44.6 Å². The van der Waals surface area contributed by atoms with E-state index in [1.807, 2.05) is 23.1 Å². The molecule has 1 unspecified atom stereocenters. The third kappa shape index (κ3) is 3.19. The molecule has 0 bridgehead atoms. The van der Waals surface area contributed by atoms with Crippen LogP contribution in [0.3, 0.4) is 0 Å². The molecule has 0 aliphatic carbocycles. The van der Waals surface area contributed by atoms with Crippen LogP contribution in [0.5, 0.6) is 0 Å². The molecule has 2 aliphatic heterocycles. The zero-order valence-electron chi connectivity index (χ0n) is 15.0. The maximum absolute atomic E-state index is 12.9. The summed E-state index contributed by atoms with van der Waals surface area (Å²) >= 11 is 0. The molecule has 1 atom stereocenters. The summed E-state index contributed by atoms with van der Waals surface area (Å²) in [5, 5.41) is 9.27. The molecule has 26 heavy (non-hydrogen) atoms. The van der Waals surface area contributed by atoms with Crippen molar-refractivity contribution in [2.24, 2.45) is 0 Å². The first-order valence-corrected chi connectivity index (χ1v) is 9.51. The van der Waals surface area contributed by atoms with E-state index >= 15 is 0 Å². The Morgan fingerprint density at radius 2 is 2.04 bits per heavy atom. The van der Waals surface area contributed by atoms with Gasteiger partial charge in [-0.25, -0.2) is 4.98 Å². The monoisotopic (exact) mass is 351 g/mol. The Morgan fingerprint density at radius 3 is 2.85 bits per heavy atom. The van der Waals surface area contributed by atoms with E-state index in [9.17, 15) is 9.90 Å². The molecule has 1 amide bonds. The number of para-hydroxylation sites is 1. The Morgan fingerprint density at radius 1 is 1.15 bits per heavy atom. The third-order valence-electron chi connectivity index (χ3n) is 5.51. The highest BCUT2D eigenvalue weighted by atomic mass is 16.3. The molecule has 0 spiro atoms. The van der Waals surface area contributed by atoms with Crippen molar-refractivity contribution in [3.63, 3.8) is 0 Å². The molecular formula is C21H25N3O2. The van der Waals surface area contributed by atoms with Gasteiger partial charge in [-0.3, -0.25) is 4.79 Å². The maximum atomic E-state index is 12.9. The van der Waals surface area contributed by atoms with Gasteiger partial charge in [-0.15, -0.1) is 0 Å². The average molecular weight is 351 g/mol. The molecule has 1 N–H and O–H groups in total. The minimum atomic E-state index is 0.0315. The Bertz CT molecular complexity index is 773. The van der Waals surface area contributed by atoms with E-state index in [1.165, 1.54) is 11.3 Å². The number of fused-ring (bicyclic) bond motifs is 1. The molecule has 1 aromatic carbocycles. The van der Waals surface area contributed by atoms with Crippen molar-refractivity contribution >= 4 is 17.4 Å². The summed E-state index contributed by atoms with van der Waals surface area (Å²) in [6.07, 6.45) is 6.51. The van der Waals surface area contributed by atoms with Crippen LogP contribution in [-0.4, -0.2) is 46.6 Å². The average Bonchev–Trinajstić information content (AvgIpc) is 3.12. The summed E-state index contributed by atoms with van der Waals surface area (Å²) < 4.78 is 0. The summed E-state index contributed by atoms with van der Waals surface area (Å²) in [6, 6.07) is 12.4. The van der Waals surface area contributed by atoms with E-state index in [4.69, 9.17) is 0 Å². The van der Waals surface area contributed by atoms with Gasteiger partial charge in [-0.2, -0.15) is 0 Å². The van der Waals surface area contributed by atoms with Crippen molar-refractivity contribution in [2.45, 2.75) is 38.1 Å². The molecule has 0 saturated carbocycles. The second-order valence-electron chi connectivity index (χ2n) is 7.10. The predicted octanol–water partition coefficient (Wildman–Crippen LogP) is 3.15. The second kappa shape index (κ2) is 7.46. The van der Waals surface area contributed by atoms with E-state index in [0.29, 0.717) is 12.0 Å². The summed E-state index contributed by atoms with van der Waals surface area (Å²) in [5.74, 6) is 0.918. The highest BCUT2D eigenvalue weighted by Crippen LogP contribution is 2.33. The van der Waals surface area contributed by atoms with Crippen molar-refractivity contribution in [1.29, 1.82) is 0 Å². The number of amides is 1. The van der Waals surface area contributed by atoms with Crippen molar-refractivity contribution in [2.75, 3.05) is 24.6 Å². The molecule has 1 fully saturated rings. The number of carbonyl (C=O) groups excluding carboxylic acids is 1. The Balaban J connectivity index is 1.52. The fourth-order valence-electron chi connectivity index (χ4n) is 4.13. The van der Waals surface area contributed by atoms with Gasteiger partial charge < -0.3 is 14.9 Å². The molecule has 136 valence electrons. The van der Waals surface area contributed by atoms with E-state index in [-0.39, 0.29) is 18.6 Å². The summed E-state index contributed by atoms with van der Waals surface area (Å²) in [7, 11) is 0. The highest BCUT2D eigenvalue weighted by molar-refractivity contribution is 5.94. The standard InChI is InChI=1S/C21H25N3O2/c25-14-11-18-6-3-4-12-23(18)21(26)17-8-9-20(22-15-17)24-13-10-16-5-1-2-7-19(16)24/h1-2,5,7-9,15,18,25H,3-4,6,10-14H2. The van der Waals surface area contributed by atoms with E-state index < -0.39 is 0 Å². The number of hydrogen-bond acceptors (Lipinski definition) is 4. The third-order valence-corrected chi connectivity index (χ3v) is 5.51. The molecule has 1 saturated heterocycles. The van der Waals surface area contributed by atoms with Gasteiger partial charge in [0.2, 0.25) is 0 Å². The van der Waals surface area contributed by atoms with Crippen LogP contribution in [0.25, 0.3) is 0 Å². The topological polar surface area (TPSA) is 56.7 Å². The number of nitrogens with zero attached hydrogens (tertiary/aromatic N) is 3. The zero-order chi connectivity index (χ0) is 17.9. The lowest BCUT2D eigenvalue weighted by atomic mass is 9.98. The first-order valence-electron chi connectivity index (χ1n) is 9.51. The van der Waals surface area contributed by atoms with Gasteiger partial charge in [0.25, 0.3) is 5.91 Å². The lowest BCUT2D eigenvalue weighted by Crippen LogP contribution is -2.44. The van der Waals surface area contributed by atoms with Crippen molar-refractivity contribution in [3.8, 4) is 0 Å². The number of hydrogen-bond donors (Lipinski definition) is 1. The number of anilines is 2. The number of rotatable bonds is 4. The molecule has 3 heterocycles. The van der Waals surface area contributed by atoms with E-state index in [2.05, 4.69) is 28.1 Å². The number of pyridine rings is 1. The SMILES string of the molecule is O=C(c1ccc(N2CCc3ccccc32)nc1)N1CCCCC1CCO. The smallest absolute Gasteiger partial charge is 0.255 e. The van der Waals surface area contributed by atoms with Crippen LogP contribution in [0.15, 0.2) is 42.6 Å². The fourth-order valence-corrected chi connectivity index (χ4v) is 4.13. The van der Waals surface area contributed by atoms with Gasteiger partial charge in [0.1, 0.15) is 5.82 Å². The van der Waals surface area contributed by atoms with Crippen molar-refractivity contribution in [1.82, 2.24) is 9.88 Å². The van der Waals surface area contributed by atoms with Crippen LogP contribution in [0.4, 0.5) is 11.5 Å². The highest BCUT2D eigenvalue weighted by Gasteiger charge is 2.27. The fraction of sp³-hybridized carbons (Fsp3) is 0.429. The van der Waals surface area contributed by atoms with E-state index in [1.54, 1.807) is 6.20 Å². The molecule has 0 radical (unpaired) electrons. The number of piperidine rings is 1. The van der Waals surface area contributed by atoms with Gasteiger partial charge in [0.05, 0.1) is 5.56 Å². The lowest BCUT2D eigenvalue weighted by Gasteiger charge is -2.35. The molecule has 5 heteroatoms. The Kier molecular flexibility index (Phi) is 4.89. The number of carbonyl (C=O) groups is 1. The van der Waals surface area contributed by atoms with Gasteiger partial charge in [0, 0.05) is 37.6 Å². The predicted molar refractivity (Wildman–Crippen MR) is 102 cm³/mol. The van der Waals surface area contributed by atoms with Gasteiger partial charge in [-0.05, 0) is 55.9 Å². The number of likely N-dealkylation sites (tertiary alicyclic amines) is 1. The van der Waals surface area contributed by atoms with Crippen LogP contribution in [0, 0.1) is 0 Å². The Labute approximate surface area is 154 Å². The first kappa shape index (κ1) is 17.0. The molecule has 4 rings (SSSR count). The maximum Gasteiger partial charge on any atom is 0.255 e. The quantitative estimate of drug-likeness (QED) is 0.919. The molecule has 2 aromatic rings. The molecular weight excluding hydrogens is 326 g/mol. The van der Waals surface area contributed by atoms with Crippen LogP contribution in [0.2, 0.25) is 0 Å². The van der Waals surface area contributed by atoms with Crippen molar-refractivity contribution < 1.29 is 9.90 Å². The van der Waals surface area contributed by atoms with Crippen LogP contribution < -0.4 is 4.90 Å². The minimum Gasteiger partial charge on any atom is -0.396 e. The zero-order valence-corrected chi connectivity index (χ0v) is 15.0. The number of benzene rings is 1. The minimum absolute atomic E-state index is 0.0315. The second-order valence-corrected chi connectivity index (χ2v) is 7.10. The number of aliphatic hydroxyl groups excluding tert-OH is 1.